The van der Waals surface area contributed by atoms with Crippen LogP contribution in [0.3, 0.4) is 0 Å². The van der Waals surface area contributed by atoms with Crippen molar-refractivity contribution in [2.24, 2.45) is 11.5 Å². The minimum Gasteiger partial charge on any atom is -0.399 e. The molecule has 1 rings (SSSR count). The first kappa shape index (κ1) is 6.29. The Morgan fingerprint density at radius 2 is 2.22 bits per heavy atom. The van der Waals surface area contributed by atoms with Gasteiger partial charge in [0.05, 0.1) is 23.0 Å². The van der Waals surface area contributed by atoms with Crippen molar-refractivity contribution in [2.45, 2.75) is 0 Å². The molecule has 1 aliphatic rings. The van der Waals surface area contributed by atoms with Crippen LogP contribution in [0.2, 0.25) is 0 Å². The fourth-order valence-corrected chi connectivity index (χ4v) is 0.775. The molecule has 0 saturated carbocycles. The molecular formula is C5H8ClN3. The van der Waals surface area contributed by atoms with E-state index < -0.39 is 0 Å². The molecule has 0 amide bonds. The molecule has 0 fully saturated rings. The van der Waals surface area contributed by atoms with E-state index in [9.17, 15) is 0 Å². The van der Waals surface area contributed by atoms with Crippen LogP contribution in [-0.4, -0.2) is 6.54 Å². The quantitative estimate of drug-likeness (QED) is 0.442. The summed E-state index contributed by atoms with van der Waals surface area (Å²) in [5.41, 5.74) is 12.0. The number of rotatable bonds is 0. The molecule has 50 valence electrons. The smallest absolute Gasteiger partial charge is 0.0810 e. The Morgan fingerprint density at radius 1 is 1.56 bits per heavy atom. The summed E-state index contributed by atoms with van der Waals surface area (Å²) in [5.74, 6) is 0. The fraction of sp³-hybridized carbons (Fsp3) is 0.200. The summed E-state index contributed by atoms with van der Waals surface area (Å²) in [6.45, 7) is 0.585. The lowest BCUT2D eigenvalue weighted by Gasteiger charge is -2.12. The van der Waals surface area contributed by atoms with Crippen molar-refractivity contribution in [3.63, 3.8) is 0 Å². The summed E-state index contributed by atoms with van der Waals surface area (Å²) in [5, 5.41) is 3.34. The van der Waals surface area contributed by atoms with Gasteiger partial charge in [0.15, 0.2) is 0 Å². The van der Waals surface area contributed by atoms with Gasteiger partial charge >= 0.3 is 0 Å². The Labute approximate surface area is 58.3 Å². The highest BCUT2D eigenvalue weighted by atomic mass is 35.5. The third kappa shape index (κ3) is 1.10. The van der Waals surface area contributed by atoms with Gasteiger partial charge in [0.1, 0.15) is 0 Å². The van der Waals surface area contributed by atoms with Crippen LogP contribution in [0.1, 0.15) is 0 Å². The van der Waals surface area contributed by atoms with E-state index in [1.807, 2.05) is 0 Å². The average Bonchev–Trinajstić information content (AvgIpc) is 1.83. The van der Waals surface area contributed by atoms with Gasteiger partial charge in [-0.25, -0.2) is 0 Å². The zero-order valence-corrected chi connectivity index (χ0v) is 5.57. The molecule has 0 aromatic rings. The zero-order valence-electron chi connectivity index (χ0n) is 4.82. The highest BCUT2D eigenvalue weighted by molar-refractivity contribution is 6.31. The number of dihydropyridines is 1. The molecule has 1 aliphatic heterocycles. The van der Waals surface area contributed by atoms with Gasteiger partial charge in [-0.1, -0.05) is 11.6 Å². The molecule has 0 bridgehead atoms. The van der Waals surface area contributed by atoms with Gasteiger partial charge in [-0.05, 0) is 0 Å². The van der Waals surface area contributed by atoms with Gasteiger partial charge in [0, 0.05) is 6.20 Å². The van der Waals surface area contributed by atoms with Crippen molar-refractivity contribution >= 4 is 11.6 Å². The van der Waals surface area contributed by atoms with Crippen molar-refractivity contribution in [1.29, 1.82) is 0 Å². The van der Waals surface area contributed by atoms with Crippen molar-refractivity contribution in [2.75, 3.05) is 6.54 Å². The van der Waals surface area contributed by atoms with Crippen LogP contribution in [0, 0.1) is 0 Å². The Bertz CT molecular complexity index is 183. The topological polar surface area (TPSA) is 64.1 Å². The third-order valence-electron chi connectivity index (χ3n) is 1.12. The van der Waals surface area contributed by atoms with Gasteiger partial charge in [-0.15, -0.1) is 0 Å². The molecule has 0 unspecified atom stereocenters. The van der Waals surface area contributed by atoms with Crippen molar-refractivity contribution < 1.29 is 0 Å². The third-order valence-corrected chi connectivity index (χ3v) is 1.44. The standard InChI is InChI=1S/C5H8ClN3/c6-3-1-9-2-4(7)5(3)8/h1,9H,2,7-8H2. The van der Waals surface area contributed by atoms with E-state index in [0.29, 0.717) is 23.0 Å². The molecule has 0 atom stereocenters. The maximum atomic E-state index is 5.60. The van der Waals surface area contributed by atoms with Crippen LogP contribution in [0.5, 0.6) is 0 Å². The summed E-state index contributed by atoms with van der Waals surface area (Å²) in [4.78, 5) is 0. The summed E-state index contributed by atoms with van der Waals surface area (Å²) >= 11 is 5.60. The van der Waals surface area contributed by atoms with E-state index in [4.69, 9.17) is 23.1 Å². The molecule has 9 heavy (non-hydrogen) atoms. The van der Waals surface area contributed by atoms with Gasteiger partial charge in [-0.3, -0.25) is 0 Å². The minimum absolute atomic E-state index is 0.482. The SMILES string of the molecule is NC1=C(N)C(Cl)=CNC1. The van der Waals surface area contributed by atoms with Crippen LogP contribution in [0.4, 0.5) is 0 Å². The minimum atomic E-state index is 0.482. The van der Waals surface area contributed by atoms with E-state index in [1.165, 1.54) is 0 Å². The lowest BCUT2D eigenvalue weighted by atomic mass is 10.3. The molecule has 3 nitrogen and oxygen atoms in total. The maximum absolute atomic E-state index is 5.60. The van der Waals surface area contributed by atoms with Crippen LogP contribution in [0.15, 0.2) is 22.6 Å². The van der Waals surface area contributed by atoms with Crippen molar-refractivity contribution in [3.8, 4) is 0 Å². The number of allylic oxidation sites excluding steroid dienone is 1. The highest BCUT2D eigenvalue weighted by Gasteiger charge is 2.06. The maximum Gasteiger partial charge on any atom is 0.0810 e. The first-order valence-corrected chi connectivity index (χ1v) is 2.93. The first-order chi connectivity index (χ1) is 4.22. The van der Waals surface area contributed by atoms with E-state index in [0.717, 1.165) is 0 Å². The lowest BCUT2D eigenvalue weighted by Crippen LogP contribution is -2.25. The lowest BCUT2D eigenvalue weighted by molar-refractivity contribution is 0.880. The molecule has 0 aromatic carbocycles. The monoisotopic (exact) mass is 145 g/mol. The van der Waals surface area contributed by atoms with Crippen molar-refractivity contribution in [1.82, 2.24) is 5.32 Å². The largest absolute Gasteiger partial charge is 0.399 e. The second kappa shape index (κ2) is 2.19. The molecule has 0 spiro atoms. The molecule has 0 aromatic heterocycles. The summed E-state index contributed by atoms with van der Waals surface area (Å²) in [6.07, 6.45) is 1.63. The molecule has 0 radical (unpaired) electrons. The Hall–Kier alpha value is -0.830. The Kier molecular flexibility index (Phi) is 1.53. The van der Waals surface area contributed by atoms with Crippen molar-refractivity contribution in [3.05, 3.63) is 22.6 Å². The molecule has 5 N–H and O–H groups in total. The zero-order chi connectivity index (χ0) is 6.85. The first-order valence-electron chi connectivity index (χ1n) is 2.55. The number of hydrogen-bond donors (Lipinski definition) is 3. The average molecular weight is 146 g/mol. The van der Waals surface area contributed by atoms with Gasteiger partial charge in [0.2, 0.25) is 0 Å². The molecule has 0 aliphatic carbocycles. The second-order valence-corrected chi connectivity index (χ2v) is 2.22. The van der Waals surface area contributed by atoms with Crippen LogP contribution < -0.4 is 16.8 Å². The van der Waals surface area contributed by atoms with Crippen LogP contribution in [0.25, 0.3) is 0 Å². The van der Waals surface area contributed by atoms with Gasteiger partial charge < -0.3 is 16.8 Å². The van der Waals surface area contributed by atoms with Crippen LogP contribution >= 0.6 is 11.6 Å². The predicted molar refractivity (Wildman–Crippen MR) is 37.3 cm³/mol. The Balaban J connectivity index is 2.88. The van der Waals surface area contributed by atoms with E-state index in [-0.39, 0.29) is 0 Å². The number of halogens is 1. The summed E-state index contributed by atoms with van der Waals surface area (Å²) in [7, 11) is 0. The second-order valence-electron chi connectivity index (χ2n) is 1.81. The van der Waals surface area contributed by atoms with Gasteiger partial charge in [-0.2, -0.15) is 0 Å². The highest BCUT2D eigenvalue weighted by Crippen LogP contribution is 2.12. The van der Waals surface area contributed by atoms with Crippen LogP contribution in [-0.2, 0) is 0 Å². The summed E-state index contributed by atoms with van der Waals surface area (Å²) in [6, 6.07) is 0. The number of hydrogen-bond acceptors (Lipinski definition) is 3. The molecule has 0 saturated heterocycles. The Morgan fingerprint density at radius 3 is 2.67 bits per heavy atom. The summed E-state index contributed by atoms with van der Waals surface area (Å²) < 4.78 is 0. The number of nitrogens with two attached hydrogens (primary N) is 2. The van der Waals surface area contributed by atoms with E-state index >= 15 is 0 Å². The normalized spacial score (nSPS) is 19.0. The fourth-order valence-electron chi connectivity index (χ4n) is 0.577. The van der Waals surface area contributed by atoms with Gasteiger partial charge in [0.25, 0.3) is 0 Å². The molecule has 4 heteroatoms. The predicted octanol–water partition coefficient (Wildman–Crippen LogP) is -0.201. The van der Waals surface area contributed by atoms with E-state index in [1.54, 1.807) is 6.20 Å². The molecular weight excluding hydrogens is 138 g/mol. The molecule has 1 heterocycles. The van der Waals surface area contributed by atoms with E-state index in [2.05, 4.69) is 5.32 Å². The number of nitrogens with one attached hydrogen (secondary N) is 1.